The first-order valence-corrected chi connectivity index (χ1v) is 11.7. The molecule has 0 unspecified atom stereocenters. The minimum absolute atomic E-state index is 0.109. The van der Waals surface area contributed by atoms with Gasteiger partial charge in [-0.25, -0.2) is 0 Å². The number of primary amides is 1. The van der Waals surface area contributed by atoms with E-state index < -0.39 is 34.2 Å². The topological polar surface area (TPSA) is 142 Å². The Kier molecular flexibility index (Phi) is 6.41. The van der Waals surface area contributed by atoms with Crippen molar-refractivity contribution in [3.05, 3.63) is 39.9 Å². The molecule has 9 heteroatoms. The van der Waals surface area contributed by atoms with E-state index in [-0.39, 0.29) is 24.6 Å². The lowest BCUT2D eigenvalue weighted by Crippen LogP contribution is -2.58. The Morgan fingerprint density at radius 3 is 2.12 bits per heavy atom. The van der Waals surface area contributed by atoms with Crippen LogP contribution in [0.5, 0.6) is 0 Å². The Morgan fingerprint density at radius 2 is 1.67 bits per heavy atom. The molecule has 4 aliphatic carbocycles. The van der Waals surface area contributed by atoms with Gasteiger partial charge in [0.15, 0.2) is 0 Å². The van der Waals surface area contributed by atoms with Crippen LogP contribution >= 0.6 is 0 Å². The Hall–Kier alpha value is -2.97. The molecule has 2 atom stereocenters. The van der Waals surface area contributed by atoms with Crippen LogP contribution in [0.4, 0.5) is 5.69 Å². The van der Waals surface area contributed by atoms with E-state index in [1.807, 2.05) is 0 Å². The zero-order valence-corrected chi connectivity index (χ0v) is 18.8. The summed E-state index contributed by atoms with van der Waals surface area (Å²) >= 11 is 0. The van der Waals surface area contributed by atoms with Gasteiger partial charge in [0.05, 0.1) is 18.0 Å². The number of nitro benzene ring substituents is 1. The number of carbonyl (C=O) groups excluding carboxylic acids is 3. The molecular weight excluding hydrogens is 426 g/mol. The van der Waals surface area contributed by atoms with Crippen molar-refractivity contribution < 1.29 is 24.0 Å². The number of amides is 2. The Labute approximate surface area is 192 Å². The lowest BCUT2D eigenvalue weighted by molar-refractivity contribution is -0.384. The third-order valence-electron chi connectivity index (χ3n) is 7.74. The lowest BCUT2D eigenvalue weighted by atomic mass is 9.49. The Bertz CT molecular complexity index is 909. The molecule has 33 heavy (non-hydrogen) atoms. The van der Waals surface area contributed by atoms with E-state index in [9.17, 15) is 24.5 Å². The predicted octanol–water partition coefficient (Wildman–Crippen LogP) is 2.82. The number of nitrogens with one attached hydrogen (secondary N) is 1. The molecule has 5 rings (SSSR count). The Balaban J connectivity index is 1.60. The molecule has 0 aromatic heterocycles. The van der Waals surface area contributed by atoms with Gasteiger partial charge in [-0.2, -0.15) is 0 Å². The van der Waals surface area contributed by atoms with Crippen molar-refractivity contribution in [1.29, 1.82) is 0 Å². The van der Waals surface area contributed by atoms with Crippen LogP contribution in [0.15, 0.2) is 24.3 Å². The summed E-state index contributed by atoms with van der Waals surface area (Å²) in [6.45, 7) is 1.85. The van der Waals surface area contributed by atoms with Gasteiger partial charge in [-0.1, -0.05) is 12.1 Å². The number of hydrogen-bond donors (Lipinski definition) is 2. The fourth-order valence-electron chi connectivity index (χ4n) is 6.72. The van der Waals surface area contributed by atoms with Crippen LogP contribution in [0.2, 0.25) is 0 Å². The van der Waals surface area contributed by atoms with Crippen LogP contribution in [0, 0.1) is 33.3 Å². The maximum Gasteiger partial charge on any atom is 0.306 e. The fourth-order valence-corrected chi connectivity index (χ4v) is 6.72. The number of rotatable bonds is 9. The van der Waals surface area contributed by atoms with E-state index >= 15 is 0 Å². The van der Waals surface area contributed by atoms with Crippen LogP contribution in [0.25, 0.3) is 0 Å². The standard InChI is InChI=1S/C24H31N3O6/c1-2-33-20(28)10-19(17-3-5-18(6-4-17)27(31)32)21(22(25)29)26-23(30)24-11-14-7-15(12-24)9-16(8-14)13-24/h3-6,14-16,19,21H,2,7-13H2,1H3,(H2,25,29)(H,26,30)/t14?,15?,16?,19-,21-,24?/m0/s1. The predicted molar refractivity (Wildman–Crippen MR) is 119 cm³/mol. The largest absolute Gasteiger partial charge is 0.466 e. The van der Waals surface area contributed by atoms with Crippen LogP contribution in [-0.4, -0.2) is 35.4 Å². The van der Waals surface area contributed by atoms with Gasteiger partial charge in [0.2, 0.25) is 11.8 Å². The number of ether oxygens (including phenoxy) is 1. The first kappa shape index (κ1) is 23.2. The van der Waals surface area contributed by atoms with Crippen molar-refractivity contribution in [3.63, 3.8) is 0 Å². The number of nitrogens with two attached hydrogens (primary N) is 1. The molecule has 4 aliphatic rings. The molecule has 1 aromatic rings. The summed E-state index contributed by atoms with van der Waals surface area (Å²) in [5, 5.41) is 13.9. The van der Waals surface area contributed by atoms with E-state index in [1.165, 1.54) is 43.5 Å². The number of nitrogens with zero attached hydrogens (tertiary/aromatic N) is 1. The van der Waals surface area contributed by atoms with Crippen molar-refractivity contribution in [2.45, 2.75) is 63.8 Å². The van der Waals surface area contributed by atoms with Gasteiger partial charge in [0.25, 0.3) is 5.69 Å². The number of esters is 1. The molecule has 4 fully saturated rings. The highest BCUT2D eigenvalue weighted by Gasteiger charge is 2.55. The number of hydrogen-bond acceptors (Lipinski definition) is 6. The van der Waals surface area contributed by atoms with Crippen LogP contribution in [0.1, 0.15) is 63.4 Å². The third kappa shape index (κ3) is 4.72. The summed E-state index contributed by atoms with van der Waals surface area (Å²) in [6, 6.07) is 4.49. The summed E-state index contributed by atoms with van der Waals surface area (Å²) in [7, 11) is 0. The van der Waals surface area contributed by atoms with E-state index in [1.54, 1.807) is 6.92 Å². The van der Waals surface area contributed by atoms with Gasteiger partial charge in [-0.15, -0.1) is 0 Å². The molecule has 9 nitrogen and oxygen atoms in total. The Morgan fingerprint density at radius 1 is 1.12 bits per heavy atom. The summed E-state index contributed by atoms with van der Waals surface area (Å²) in [5.74, 6) is -0.574. The van der Waals surface area contributed by atoms with Crippen LogP contribution in [0.3, 0.4) is 0 Å². The monoisotopic (exact) mass is 457 g/mol. The average Bonchev–Trinajstić information content (AvgIpc) is 2.75. The molecule has 1 aromatic carbocycles. The van der Waals surface area contributed by atoms with Crippen molar-refractivity contribution in [3.8, 4) is 0 Å². The second-order valence-corrected chi connectivity index (χ2v) is 10.0. The quantitative estimate of drug-likeness (QED) is 0.332. The molecule has 4 bridgehead atoms. The molecule has 2 amide bonds. The first-order valence-electron chi connectivity index (χ1n) is 11.7. The molecule has 0 heterocycles. The van der Waals surface area contributed by atoms with Crippen molar-refractivity contribution in [2.75, 3.05) is 6.61 Å². The fraction of sp³-hybridized carbons (Fsp3) is 0.625. The van der Waals surface area contributed by atoms with E-state index in [4.69, 9.17) is 10.5 Å². The van der Waals surface area contributed by atoms with E-state index in [2.05, 4.69) is 5.32 Å². The molecular formula is C24H31N3O6. The summed E-state index contributed by atoms with van der Waals surface area (Å²) in [6.07, 6.45) is 5.85. The van der Waals surface area contributed by atoms with Gasteiger partial charge in [0, 0.05) is 23.5 Å². The number of carbonyl (C=O) groups is 3. The second kappa shape index (κ2) is 9.11. The van der Waals surface area contributed by atoms with Crippen molar-refractivity contribution in [1.82, 2.24) is 5.32 Å². The maximum absolute atomic E-state index is 13.6. The van der Waals surface area contributed by atoms with Gasteiger partial charge < -0.3 is 15.8 Å². The van der Waals surface area contributed by atoms with E-state index in [0.29, 0.717) is 23.3 Å². The SMILES string of the molecule is CCOC(=O)C[C@@H](c1ccc([N+](=O)[O-])cc1)[C@H](NC(=O)C12CC3CC(CC(C3)C1)C2)C(N)=O. The van der Waals surface area contributed by atoms with Gasteiger partial charge in [-0.3, -0.25) is 24.5 Å². The van der Waals surface area contributed by atoms with Crippen LogP contribution in [-0.2, 0) is 19.1 Å². The minimum Gasteiger partial charge on any atom is -0.466 e. The van der Waals surface area contributed by atoms with Crippen molar-refractivity contribution in [2.24, 2.45) is 28.9 Å². The molecule has 0 radical (unpaired) electrons. The summed E-state index contributed by atoms with van der Waals surface area (Å²) in [5.41, 5.74) is 5.64. The number of benzene rings is 1. The molecule has 0 saturated heterocycles. The van der Waals surface area contributed by atoms with Crippen LogP contribution < -0.4 is 11.1 Å². The maximum atomic E-state index is 13.6. The molecule has 0 spiro atoms. The molecule has 3 N–H and O–H groups in total. The highest BCUT2D eigenvalue weighted by Crippen LogP contribution is 2.60. The molecule has 4 saturated carbocycles. The second-order valence-electron chi connectivity index (χ2n) is 10.0. The highest BCUT2D eigenvalue weighted by atomic mass is 16.6. The lowest BCUT2D eigenvalue weighted by Gasteiger charge is -2.55. The number of nitro groups is 1. The van der Waals surface area contributed by atoms with E-state index in [0.717, 1.165) is 19.3 Å². The zero-order chi connectivity index (χ0) is 23.8. The van der Waals surface area contributed by atoms with Crippen molar-refractivity contribution >= 4 is 23.5 Å². The minimum atomic E-state index is -1.13. The molecule has 0 aliphatic heterocycles. The zero-order valence-electron chi connectivity index (χ0n) is 18.8. The summed E-state index contributed by atoms with van der Waals surface area (Å²) < 4.78 is 5.08. The third-order valence-corrected chi connectivity index (χ3v) is 7.74. The molecule has 178 valence electrons. The van der Waals surface area contributed by atoms with Gasteiger partial charge >= 0.3 is 5.97 Å². The average molecular weight is 458 g/mol. The number of non-ortho nitro benzene ring substituents is 1. The normalized spacial score (nSPS) is 29.2. The van der Waals surface area contributed by atoms with Gasteiger partial charge in [0.1, 0.15) is 6.04 Å². The highest BCUT2D eigenvalue weighted by molar-refractivity contribution is 5.91. The first-order chi connectivity index (χ1) is 15.7. The smallest absolute Gasteiger partial charge is 0.306 e. The summed E-state index contributed by atoms with van der Waals surface area (Å²) in [4.78, 5) is 49.0. The van der Waals surface area contributed by atoms with Gasteiger partial charge in [-0.05, 0) is 68.8 Å².